The molecule has 0 aliphatic rings. The standard InChI is InChI=1S/C23H21N3O4S/c1-14-5-4-6-15(2)22(14)26-31(28)21-12-17(7-8-19(21)29-3)25-23(27)16-11-20-18(24-13-16)9-10-30-20/h4-13,26H,1-3H3,(H,25,27). The van der Waals surface area contributed by atoms with Crippen LogP contribution in [0.5, 0.6) is 5.75 Å². The Morgan fingerprint density at radius 2 is 1.87 bits per heavy atom. The molecule has 2 aromatic carbocycles. The van der Waals surface area contributed by atoms with Crippen LogP contribution in [0.25, 0.3) is 11.1 Å². The van der Waals surface area contributed by atoms with E-state index in [4.69, 9.17) is 9.15 Å². The van der Waals surface area contributed by atoms with Crippen molar-refractivity contribution in [3.8, 4) is 5.75 Å². The summed E-state index contributed by atoms with van der Waals surface area (Å²) in [7, 11) is -0.0913. The number of fused-ring (bicyclic) bond motifs is 1. The van der Waals surface area contributed by atoms with Crippen molar-refractivity contribution < 1.29 is 18.2 Å². The van der Waals surface area contributed by atoms with Gasteiger partial charge in [0.05, 0.1) is 24.6 Å². The molecule has 0 saturated carbocycles. The first kappa shape index (κ1) is 20.6. The van der Waals surface area contributed by atoms with Gasteiger partial charge in [0.15, 0.2) is 16.6 Å². The van der Waals surface area contributed by atoms with Crippen molar-refractivity contribution in [3.05, 3.63) is 77.7 Å². The fourth-order valence-electron chi connectivity index (χ4n) is 3.20. The van der Waals surface area contributed by atoms with Crippen LogP contribution in [0, 0.1) is 13.8 Å². The van der Waals surface area contributed by atoms with Gasteiger partial charge in [-0.3, -0.25) is 9.78 Å². The Bertz CT molecular complexity index is 1280. The SMILES string of the molecule is COc1ccc(NC(=O)c2cnc3ccoc3c2)cc1S(=O)Nc1c(C)cccc1C. The lowest BCUT2D eigenvalue weighted by molar-refractivity contribution is 0.102. The number of rotatable bonds is 6. The Hall–Kier alpha value is -3.65. The molecule has 2 heterocycles. The number of nitrogens with zero attached hydrogens (tertiary/aromatic N) is 1. The molecule has 0 aliphatic heterocycles. The molecule has 4 aromatic rings. The second-order valence-corrected chi connectivity index (χ2v) is 8.17. The molecule has 0 radical (unpaired) electrons. The van der Waals surface area contributed by atoms with Gasteiger partial charge < -0.3 is 19.2 Å². The first-order chi connectivity index (χ1) is 15.0. The van der Waals surface area contributed by atoms with Gasteiger partial charge in [-0.1, -0.05) is 18.2 Å². The molecule has 31 heavy (non-hydrogen) atoms. The molecular formula is C23H21N3O4S. The van der Waals surface area contributed by atoms with Gasteiger partial charge in [-0.25, -0.2) is 4.21 Å². The molecular weight excluding hydrogens is 414 g/mol. The van der Waals surface area contributed by atoms with Crippen molar-refractivity contribution in [2.24, 2.45) is 0 Å². The van der Waals surface area contributed by atoms with E-state index >= 15 is 0 Å². The molecule has 2 aromatic heterocycles. The Labute approximate surface area is 182 Å². The van der Waals surface area contributed by atoms with Crippen LogP contribution in [-0.4, -0.2) is 22.2 Å². The molecule has 7 nitrogen and oxygen atoms in total. The first-order valence-corrected chi connectivity index (χ1v) is 10.7. The summed E-state index contributed by atoms with van der Waals surface area (Å²) < 4.78 is 26.9. The number of nitrogens with one attached hydrogen (secondary N) is 2. The molecule has 0 bridgehead atoms. The van der Waals surface area contributed by atoms with Gasteiger partial charge in [0.2, 0.25) is 0 Å². The number of aromatic nitrogens is 1. The molecule has 0 spiro atoms. The van der Waals surface area contributed by atoms with Crippen molar-refractivity contribution >= 4 is 39.4 Å². The third-order valence-electron chi connectivity index (χ3n) is 4.86. The maximum atomic E-state index is 13.1. The average molecular weight is 436 g/mol. The number of amides is 1. The number of benzene rings is 2. The zero-order valence-corrected chi connectivity index (χ0v) is 18.1. The zero-order valence-electron chi connectivity index (χ0n) is 17.3. The number of hydrogen-bond donors (Lipinski definition) is 2. The average Bonchev–Trinajstić information content (AvgIpc) is 3.24. The molecule has 0 fully saturated rings. The van der Waals surface area contributed by atoms with E-state index in [1.165, 1.54) is 19.6 Å². The van der Waals surface area contributed by atoms with Crippen molar-refractivity contribution in [2.45, 2.75) is 18.7 Å². The zero-order chi connectivity index (χ0) is 22.0. The largest absolute Gasteiger partial charge is 0.495 e. The Morgan fingerprint density at radius 1 is 1.10 bits per heavy atom. The Kier molecular flexibility index (Phi) is 5.73. The molecule has 1 amide bonds. The normalized spacial score (nSPS) is 11.8. The summed E-state index contributed by atoms with van der Waals surface area (Å²) in [6.07, 6.45) is 3.01. The fraction of sp³-hybridized carbons (Fsp3) is 0.130. The lowest BCUT2D eigenvalue weighted by Gasteiger charge is -2.15. The molecule has 1 unspecified atom stereocenters. The summed E-state index contributed by atoms with van der Waals surface area (Å²) >= 11 is 0. The monoisotopic (exact) mass is 435 g/mol. The number of carbonyl (C=O) groups is 1. The van der Waals surface area contributed by atoms with Gasteiger partial charge in [0.1, 0.15) is 16.2 Å². The van der Waals surface area contributed by atoms with Gasteiger partial charge in [-0.05, 0) is 49.2 Å². The molecule has 158 valence electrons. The number of carbonyl (C=O) groups excluding carboxylic acids is 1. The maximum Gasteiger partial charge on any atom is 0.257 e. The van der Waals surface area contributed by atoms with Crippen LogP contribution < -0.4 is 14.8 Å². The van der Waals surface area contributed by atoms with E-state index in [9.17, 15) is 9.00 Å². The number of furan rings is 1. The topological polar surface area (TPSA) is 93.5 Å². The molecule has 1 atom stereocenters. The molecule has 0 aliphatic carbocycles. The number of aryl methyl sites for hydroxylation is 2. The highest BCUT2D eigenvalue weighted by Crippen LogP contribution is 2.29. The predicted molar refractivity (Wildman–Crippen MR) is 121 cm³/mol. The van der Waals surface area contributed by atoms with E-state index in [1.807, 2.05) is 32.0 Å². The molecule has 0 saturated heterocycles. The maximum absolute atomic E-state index is 13.1. The summed E-state index contributed by atoms with van der Waals surface area (Å²) in [4.78, 5) is 17.3. The van der Waals surface area contributed by atoms with E-state index in [-0.39, 0.29) is 5.91 Å². The van der Waals surface area contributed by atoms with Gasteiger partial charge >= 0.3 is 0 Å². The van der Waals surface area contributed by atoms with Crippen molar-refractivity contribution in [1.29, 1.82) is 0 Å². The highest BCUT2D eigenvalue weighted by Gasteiger charge is 2.16. The lowest BCUT2D eigenvalue weighted by atomic mass is 10.1. The van der Waals surface area contributed by atoms with E-state index in [0.29, 0.717) is 33.0 Å². The van der Waals surface area contributed by atoms with Gasteiger partial charge in [-0.2, -0.15) is 0 Å². The number of para-hydroxylation sites is 1. The lowest BCUT2D eigenvalue weighted by Crippen LogP contribution is -2.13. The Morgan fingerprint density at radius 3 is 2.61 bits per heavy atom. The van der Waals surface area contributed by atoms with E-state index in [0.717, 1.165) is 16.8 Å². The van der Waals surface area contributed by atoms with Crippen LogP contribution in [0.1, 0.15) is 21.5 Å². The van der Waals surface area contributed by atoms with Crippen LogP contribution in [0.4, 0.5) is 11.4 Å². The minimum atomic E-state index is -1.60. The van der Waals surface area contributed by atoms with Crippen LogP contribution in [0.15, 0.2) is 70.3 Å². The van der Waals surface area contributed by atoms with Crippen molar-refractivity contribution in [3.63, 3.8) is 0 Å². The van der Waals surface area contributed by atoms with E-state index in [1.54, 1.807) is 30.3 Å². The summed E-state index contributed by atoms with van der Waals surface area (Å²) in [6, 6.07) is 14.2. The minimum Gasteiger partial charge on any atom is -0.495 e. The third-order valence-corrected chi connectivity index (χ3v) is 5.97. The summed E-state index contributed by atoms with van der Waals surface area (Å²) in [5.74, 6) is 0.101. The van der Waals surface area contributed by atoms with E-state index in [2.05, 4.69) is 15.0 Å². The second-order valence-electron chi connectivity index (χ2n) is 6.99. The van der Waals surface area contributed by atoms with Crippen LogP contribution in [0.3, 0.4) is 0 Å². The van der Waals surface area contributed by atoms with Gasteiger partial charge in [0, 0.05) is 18.0 Å². The van der Waals surface area contributed by atoms with Crippen LogP contribution >= 0.6 is 0 Å². The predicted octanol–water partition coefficient (Wildman–Crippen LogP) is 4.84. The second kappa shape index (κ2) is 8.61. The Balaban J connectivity index is 1.59. The summed E-state index contributed by atoms with van der Waals surface area (Å²) in [6.45, 7) is 3.90. The van der Waals surface area contributed by atoms with E-state index < -0.39 is 11.0 Å². The summed E-state index contributed by atoms with van der Waals surface area (Å²) in [5, 5.41) is 2.81. The minimum absolute atomic E-state index is 0.351. The van der Waals surface area contributed by atoms with Crippen LogP contribution in [-0.2, 0) is 11.0 Å². The number of hydrogen-bond acceptors (Lipinski definition) is 5. The highest BCUT2D eigenvalue weighted by atomic mass is 32.2. The fourth-order valence-corrected chi connectivity index (χ4v) is 4.38. The summed E-state index contributed by atoms with van der Waals surface area (Å²) in [5.41, 5.74) is 4.81. The first-order valence-electron chi connectivity index (χ1n) is 9.53. The van der Waals surface area contributed by atoms with Gasteiger partial charge in [-0.15, -0.1) is 0 Å². The number of pyridine rings is 1. The smallest absolute Gasteiger partial charge is 0.257 e. The van der Waals surface area contributed by atoms with Crippen molar-refractivity contribution in [2.75, 3.05) is 17.1 Å². The van der Waals surface area contributed by atoms with Gasteiger partial charge in [0.25, 0.3) is 5.91 Å². The number of methoxy groups -OCH3 is 1. The van der Waals surface area contributed by atoms with Crippen LogP contribution in [0.2, 0.25) is 0 Å². The van der Waals surface area contributed by atoms with Crippen molar-refractivity contribution in [1.82, 2.24) is 4.98 Å². The molecule has 8 heteroatoms. The quantitative estimate of drug-likeness (QED) is 0.452. The number of anilines is 2. The highest BCUT2D eigenvalue weighted by molar-refractivity contribution is 7.86. The number of ether oxygens (including phenoxy) is 1. The molecule has 2 N–H and O–H groups in total. The molecule has 4 rings (SSSR count). The third kappa shape index (κ3) is 4.29.